The molecule has 204 valence electrons. The van der Waals surface area contributed by atoms with Crippen LogP contribution in [0.4, 0.5) is 11.4 Å². The highest BCUT2D eigenvalue weighted by Crippen LogP contribution is 2.32. The second kappa shape index (κ2) is 12.0. The molecule has 0 unspecified atom stereocenters. The highest BCUT2D eigenvalue weighted by molar-refractivity contribution is 7.98. The van der Waals surface area contributed by atoms with Crippen molar-refractivity contribution in [2.45, 2.75) is 35.6 Å². The molecule has 39 heavy (non-hydrogen) atoms. The average Bonchev–Trinajstić information content (AvgIpc) is 2.85. The van der Waals surface area contributed by atoms with Crippen LogP contribution in [0.1, 0.15) is 39.1 Å². The molecule has 5 amide bonds. The van der Waals surface area contributed by atoms with Gasteiger partial charge in [-0.25, -0.2) is 4.79 Å². The molecule has 2 aromatic rings. The van der Waals surface area contributed by atoms with Crippen LogP contribution < -0.4 is 27.4 Å². The van der Waals surface area contributed by atoms with Crippen molar-refractivity contribution in [1.82, 2.24) is 10.6 Å². The second-order valence-corrected chi connectivity index (χ2v) is 9.34. The molecule has 1 aliphatic rings. The summed E-state index contributed by atoms with van der Waals surface area (Å²) in [6, 6.07) is 4.17. The molecular weight excluding hydrogens is 536 g/mol. The molecule has 1 aliphatic heterocycles. The van der Waals surface area contributed by atoms with Gasteiger partial charge in [-0.1, -0.05) is 6.07 Å². The van der Waals surface area contributed by atoms with E-state index in [1.54, 1.807) is 0 Å². The number of nitrogens with one attached hydrogen (secondary N) is 3. The average molecular weight is 559 g/mol. The van der Waals surface area contributed by atoms with E-state index < -0.39 is 71.0 Å². The molecule has 2 aromatic carbocycles. The fraction of sp³-hybridized carbons (Fsp3) is 0.217. The van der Waals surface area contributed by atoms with Crippen LogP contribution in [0.3, 0.4) is 0 Å². The fourth-order valence-corrected chi connectivity index (χ4v) is 4.63. The first-order chi connectivity index (χ1) is 18.3. The number of nitrogens with two attached hydrogens (primary N) is 2. The van der Waals surface area contributed by atoms with E-state index in [2.05, 4.69) is 16.0 Å². The largest absolute Gasteiger partial charge is 0.478 e. The van der Waals surface area contributed by atoms with E-state index in [1.807, 2.05) is 0 Å². The lowest BCUT2D eigenvalue weighted by molar-refractivity contribution is -0.384. The molecular formula is C23H22N6O9S. The number of nitro benzene ring substituents is 1. The third kappa shape index (κ3) is 7.29. The normalized spacial score (nSPS) is 17.8. The Labute approximate surface area is 223 Å². The molecule has 0 radical (unpaired) electrons. The number of carboxylic acid groups (broad SMARTS) is 1. The minimum Gasteiger partial charge on any atom is -0.478 e. The molecule has 2 atom stereocenters. The lowest BCUT2D eigenvalue weighted by Crippen LogP contribution is -2.54. The first-order valence-electron chi connectivity index (χ1n) is 11.1. The summed E-state index contributed by atoms with van der Waals surface area (Å²) in [6.07, 6.45) is -1.38. The first-order valence-corrected chi connectivity index (χ1v) is 12.1. The number of hydrogen-bond donors (Lipinski definition) is 6. The van der Waals surface area contributed by atoms with Crippen LogP contribution in [0.2, 0.25) is 0 Å². The van der Waals surface area contributed by atoms with E-state index in [-0.39, 0.29) is 27.5 Å². The van der Waals surface area contributed by atoms with Crippen LogP contribution in [0, 0.1) is 10.1 Å². The number of carboxylic acids is 1. The quantitative estimate of drug-likeness (QED) is 0.202. The van der Waals surface area contributed by atoms with Gasteiger partial charge in [-0.2, -0.15) is 0 Å². The SMILES string of the molecule is NC(=O)C[C@@H]1NC(=O)c2cc([N+](=O)[O-])ccc2SCc2ccc(C(=O)O)cc2NC(=O)[C@H](CC(N)=O)NC1=O. The third-order valence-corrected chi connectivity index (χ3v) is 6.60. The molecule has 0 saturated heterocycles. The molecule has 0 aromatic heterocycles. The fourth-order valence-electron chi connectivity index (χ4n) is 3.59. The zero-order valence-corrected chi connectivity index (χ0v) is 20.8. The lowest BCUT2D eigenvalue weighted by atomic mass is 10.1. The summed E-state index contributed by atoms with van der Waals surface area (Å²) >= 11 is 1.03. The van der Waals surface area contributed by atoms with Gasteiger partial charge in [0.15, 0.2) is 0 Å². The summed E-state index contributed by atoms with van der Waals surface area (Å²) < 4.78 is 0. The molecule has 3 rings (SSSR count). The smallest absolute Gasteiger partial charge is 0.335 e. The summed E-state index contributed by atoms with van der Waals surface area (Å²) in [5, 5.41) is 27.8. The maximum atomic E-state index is 13.2. The number of nitro groups is 1. The summed E-state index contributed by atoms with van der Waals surface area (Å²) in [6.45, 7) is 0. The number of carbonyl (C=O) groups is 6. The van der Waals surface area contributed by atoms with Gasteiger partial charge in [0.1, 0.15) is 12.1 Å². The standard InChI is InChI=1S/C23H22N6O9S/c24-18(30)7-15-22(34)28-16(8-19(25)31)21(33)26-14-5-10(23(35)36)1-2-11(14)9-39-17-4-3-12(29(37)38)6-13(17)20(32)27-15/h1-6,15-16H,7-9H2,(H2,24,30)(H2,25,31)(H,26,33)(H,27,32)(H,28,34)(H,35,36)/t15-,16-/m0/s1. The molecule has 1 heterocycles. The number of aromatic carboxylic acids is 1. The predicted octanol–water partition coefficient (Wildman–Crippen LogP) is -0.129. The maximum Gasteiger partial charge on any atom is 0.335 e. The minimum absolute atomic E-state index is 0.0368. The maximum absolute atomic E-state index is 13.2. The van der Waals surface area contributed by atoms with Gasteiger partial charge >= 0.3 is 5.97 Å². The molecule has 8 N–H and O–H groups in total. The Kier molecular flexibility index (Phi) is 8.82. The third-order valence-electron chi connectivity index (χ3n) is 5.48. The Morgan fingerprint density at radius 1 is 0.974 bits per heavy atom. The van der Waals surface area contributed by atoms with Crippen molar-refractivity contribution in [2.24, 2.45) is 11.5 Å². The number of fused-ring (bicyclic) bond motifs is 2. The highest BCUT2D eigenvalue weighted by atomic mass is 32.2. The number of hydrogen-bond acceptors (Lipinski definition) is 9. The van der Waals surface area contributed by atoms with Gasteiger partial charge in [-0.15, -0.1) is 11.8 Å². The molecule has 0 spiro atoms. The molecule has 0 fully saturated rings. The van der Waals surface area contributed by atoms with Crippen molar-refractivity contribution in [1.29, 1.82) is 0 Å². The summed E-state index contributed by atoms with van der Waals surface area (Å²) in [7, 11) is 0. The predicted molar refractivity (Wildman–Crippen MR) is 135 cm³/mol. The number of primary amides is 2. The van der Waals surface area contributed by atoms with Gasteiger partial charge in [0, 0.05) is 28.5 Å². The molecule has 0 aliphatic carbocycles. The number of benzene rings is 2. The van der Waals surface area contributed by atoms with Gasteiger partial charge < -0.3 is 32.5 Å². The monoisotopic (exact) mass is 558 g/mol. The Bertz CT molecular complexity index is 1400. The zero-order chi connectivity index (χ0) is 28.9. The number of carbonyl (C=O) groups excluding carboxylic acids is 5. The Morgan fingerprint density at radius 3 is 2.21 bits per heavy atom. The zero-order valence-electron chi connectivity index (χ0n) is 20.0. The van der Waals surface area contributed by atoms with Gasteiger partial charge in [0.2, 0.25) is 23.6 Å². The van der Waals surface area contributed by atoms with E-state index >= 15 is 0 Å². The van der Waals surface area contributed by atoms with E-state index in [1.165, 1.54) is 30.3 Å². The van der Waals surface area contributed by atoms with Crippen molar-refractivity contribution in [3.63, 3.8) is 0 Å². The number of non-ortho nitro benzene ring substituents is 1. The second-order valence-electron chi connectivity index (χ2n) is 8.32. The van der Waals surface area contributed by atoms with Crippen molar-refractivity contribution < 1.29 is 38.8 Å². The summed E-state index contributed by atoms with van der Waals surface area (Å²) in [4.78, 5) is 84.9. The Balaban J connectivity index is 2.16. The van der Waals surface area contributed by atoms with Gasteiger partial charge in [0.05, 0.1) is 28.9 Å². The van der Waals surface area contributed by atoms with Crippen molar-refractivity contribution >= 4 is 58.6 Å². The Morgan fingerprint density at radius 2 is 1.62 bits per heavy atom. The molecule has 16 heteroatoms. The van der Waals surface area contributed by atoms with E-state index in [4.69, 9.17) is 11.5 Å². The molecule has 0 saturated carbocycles. The van der Waals surface area contributed by atoms with Crippen LogP contribution in [-0.2, 0) is 24.9 Å². The highest BCUT2D eigenvalue weighted by Gasteiger charge is 2.31. The van der Waals surface area contributed by atoms with E-state index in [9.17, 15) is 44.0 Å². The van der Waals surface area contributed by atoms with Crippen molar-refractivity contribution in [2.75, 3.05) is 5.32 Å². The molecule has 15 nitrogen and oxygen atoms in total. The van der Waals surface area contributed by atoms with Crippen molar-refractivity contribution in [3.05, 3.63) is 63.2 Å². The number of rotatable bonds is 6. The number of amides is 5. The minimum atomic E-state index is -1.62. The lowest BCUT2D eigenvalue weighted by Gasteiger charge is -2.23. The Hall–Kier alpha value is -4.99. The van der Waals surface area contributed by atoms with Crippen LogP contribution in [0.25, 0.3) is 0 Å². The van der Waals surface area contributed by atoms with Crippen molar-refractivity contribution in [3.8, 4) is 0 Å². The van der Waals surface area contributed by atoms with E-state index in [0.717, 1.165) is 17.8 Å². The van der Waals surface area contributed by atoms with Crippen LogP contribution in [-0.4, -0.2) is 57.6 Å². The van der Waals surface area contributed by atoms with Gasteiger partial charge in [-0.05, 0) is 23.8 Å². The van der Waals surface area contributed by atoms with Crippen LogP contribution in [0.15, 0.2) is 41.3 Å². The van der Waals surface area contributed by atoms with Gasteiger partial charge in [-0.3, -0.25) is 34.1 Å². The van der Waals surface area contributed by atoms with Gasteiger partial charge in [0.25, 0.3) is 11.6 Å². The van der Waals surface area contributed by atoms with E-state index in [0.29, 0.717) is 5.56 Å². The summed E-state index contributed by atoms with van der Waals surface area (Å²) in [5.74, 6) is -6.13. The number of nitrogens with zero attached hydrogens (tertiary/aromatic N) is 1. The topological polar surface area (TPSA) is 254 Å². The van der Waals surface area contributed by atoms with Crippen LogP contribution >= 0.6 is 11.8 Å². The molecule has 0 bridgehead atoms. The first kappa shape index (κ1) is 28.6. The van der Waals surface area contributed by atoms with Crippen LogP contribution in [0.5, 0.6) is 0 Å². The summed E-state index contributed by atoms with van der Waals surface area (Å²) in [5.41, 5.74) is 10.1. The number of thioether (sulfide) groups is 1. The number of anilines is 1.